The van der Waals surface area contributed by atoms with Gasteiger partial charge in [-0.1, -0.05) is 6.07 Å². The van der Waals surface area contributed by atoms with Gasteiger partial charge in [-0.3, -0.25) is 4.79 Å². The zero-order chi connectivity index (χ0) is 9.42. The SMILES string of the molecule is Cn1c(=O)ccc2c(O)cccc21. The van der Waals surface area contributed by atoms with E-state index in [4.69, 9.17) is 0 Å². The minimum absolute atomic E-state index is 0.0712. The Morgan fingerprint density at radius 1 is 1.23 bits per heavy atom. The van der Waals surface area contributed by atoms with Crippen molar-refractivity contribution in [1.29, 1.82) is 0 Å². The van der Waals surface area contributed by atoms with Crippen LogP contribution in [0.2, 0.25) is 0 Å². The highest BCUT2D eigenvalue weighted by atomic mass is 16.3. The molecule has 0 unspecified atom stereocenters. The molecule has 13 heavy (non-hydrogen) atoms. The van der Waals surface area contributed by atoms with Gasteiger partial charge in [0.05, 0.1) is 5.52 Å². The quantitative estimate of drug-likeness (QED) is 0.654. The van der Waals surface area contributed by atoms with Crippen molar-refractivity contribution in [2.45, 2.75) is 0 Å². The maximum atomic E-state index is 11.2. The molecule has 0 spiro atoms. The van der Waals surface area contributed by atoms with E-state index in [1.54, 1.807) is 31.3 Å². The minimum atomic E-state index is -0.0712. The van der Waals surface area contributed by atoms with Gasteiger partial charge >= 0.3 is 0 Å². The summed E-state index contributed by atoms with van der Waals surface area (Å²) in [5, 5.41) is 10.2. The van der Waals surface area contributed by atoms with Crippen LogP contribution in [0.4, 0.5) is 0 Å². The van der Waals surface area contributed by atoms with Gasteiger partial charge in [-0.2, -0.15) is 0 Å². The molecule has 66 valence electrons. The van der Waals surface area contributed by atoms with Crippen LogP contribution in [-0.2, 0) is 7.05 Å². The Kier molecular flexibility index (Phi) is 1.59. The number of fused-ring (bicyclic) bond motifs is 1. The molecular weight excluding hydrogens is 166 g/mol. The molecular formula is C10H9NO2. The number of aryl methyl sites for hydroxylation is 1. The van der Waals surface area contributed by atoms with Gasteiger partial charge in [0, 0.05) is 18.5 Å². The van der Waals surface area contributed by atoms with Gasteiger partial charge in [-0.15, -0.1) is 0 Å². The van der Waals surface area contributed by atoms with Gasteiger partial charge in [-0.05, 0) is 18.2 Å². The average Bonchev–Trinajstić information content (AvgIpc) is 2.12. The molecule has 0 aliphatic rings. The number of rotatable bonds is 0. The van der Waals surface area contributed by atoms with Crippen molar-refractivity contribution in [2.75, 3.05) is 0 Å². The summed E-state index contributed by atoms with van der Waals surface area (Å²) in [6, 6.07) is 8.20. The Morgan fingerprint density at radius 3 is 2.77 bits per heavy atom. The van der Waals surface area contributed by atoms with Crippen LogP contribution in [0.25, 0.3) is 10.9 Å². The van der Waals surface area contributed by atoms with Crippen LogP contribution >= 0.6 is 0 Å². The first-order valence-electron chi connectivity index (χ1n) is 3.98. The Bertz CT molecular complexity index is 514. The summed E-state index contributed by atoms with van der Waals surface area (Å²) in [5.41, 5.74) is 0.672. The molecule has 3 nitrogen and oxygen atoms in total. The van der Waals surface area contributed by atoms with E-state index in [1.165, 1.54) is 10.6 Å². The van der Waals surface area contributed by atoms with E-state index in [1.807, 2.05) is 0 Å². The zero-order valence-corrected chi connectivity index (χ0v) is 7.19. The molecule has 3 heteroatoms. The van der Waals surface area contributed by atoms with Crippen molar-refractivity contribution in [2.24, 2.45) is 7.05 Å². The Morgan fingerprint density at radius 2 is 2.00 bits per heavy atom. The molecule has 0 saturated carbocycles. The number of aromatic nitrogens is 1. The summed E-state index contributed by atoms with van der Waals surface area (Å²) in [7, 11) is 1.68. The standard InChI is InChI=1S/C10H9NO2/c1-11-8-3-2-4-9(12)7(8)5-6-10(11)13/h2-6,12H,1H3. The molecule has 0 aliphatic carbocycles. The monoisotopic (exact) mass is 175 g/mol. The summed E-state index contributed by atoms with van der Waals surface area (Å²) in [5.74, 6) is 0.202. The smallest absolute Gasteiger partial charge is 0.250 e. The zero-order valence-electron chi connectivity index (χ0n) is 7.19. The van der Waals surface area contributed by atoms with E-state index in [9.17, 15) is 9.90 Å². The van der Waals surface area contributed by atoms with Crippen molar-refractivity contribution < 1.29 is 5.11 Å². The predicted octanol–water partition coefficient (Wildman–Crippen LogP) is 1.24. The maximum absolute atomic E-state index is 11.2. The molecule has 2 aromatic rings. The lowest BCUT2D eigenvalue weighted by Gasteiger charge is -2.04. The second kappa shape index (κ2) is 2.62. The molecule has 0 bridgehead atoms. The van der Waals surface area contributed by atoms with Gasteiger partial charge in [0.25, 0.3) is 5.56 Å². The minimum Gasteiger partial charge on any atom is -0.507 e. The third-order valence-electron chi connectivity index (χ3n) is 2.14. The Labute approximate surface area is 74.9 Å². The van der Waals surface area contributed by atoms with E-state index >= 15 is 0 Å². The molecule has 1 aromatic carbocycles. The largest absolute Gasteiger partial charge is 0.507 e. The summed E-state index contributed by atoms with van der Waals surface area (Å²) in [6.45, 7) is 0. The normalized spacial score (nSPS) is 10.5. The number of phenolic OH excluding ortho intramolecular Hbond substituents is 1. The van der Waals surface area contributed by atoms with Crippen LogP contribution in [0.1, 0.15) is 0 Å². The predicted molar refractivity (Wildman–Crippen MR) is 50.9 cm³/mol. The van der Waals surface area contributed by atoms with Crippen LogP contribution in [0.5, 0.6) is 5.75 Å². The van der Waals surface area contributed by atoms with Crippen molar-refractivity contribution in [3.05, 3.63) is 40.7 Å². The van der Waals surface area contributed by atoms with Crippen LogP contribution in [-0.4, -0.2) is 9.67 Å². The summed E-state index contributed by atoms with van der Waals surface area (Å²) < 4.78 is 1.51. The number of hydrogen-bond donors (Lipinski definition) is 1. The average molecular weight is 175 g/mol. The van der Waals surface area contributed by atoms with Crippen LogP contribution in [0, 0.1) is 0 Å². The van der Waals surface area contributed by atoms with Crippen molar-refractivity contribution in [1.82, 2.24) is 4.57 Å². The van der Waals surface area contributed by atoms with E-state index in [0.29, 0.717) is 5.39 Å². The molecule has 2 rings (SSSR count). The van der Waals surface area contributed by atoms with E-state index in [2.05, 4.69) is 0 Å². The molecule has 1 heterocycles. The number of aromatic hydroxyl groups is 1. The first-order chi connectivity index (χ1) is 6.20. The Balaban J connectivity index is 3.03. The second-order valence-electron chi connectivity index (χ2n) is 2.94. The fourth-order valence-corrected chi connectivity index (χ4v) is 1.39. The number of pyridine rings is 1. The molecule has 0 radical (unpaired) electrons. The van der Waals surface area contributed by atoms with E-state index in [-0.39, 0.29) is 11.3 Å². The van der Waals surface area contributed by atoms with Gasteiger partial charge < -0.3 is 9.67 Å². The fraction of sp³-hybridized carbons (Fsp3) is 0.100. The highest BCUT2D eigenvalue weighted by Gasteiger charge is 2.01. The fourth-order valence-electron chi connectivity index (χ4n) is 1.39. The van der Waals surface area contributed by atoms with Crippen molar-refractivity contribution in [3.63, 3.8) is 0 Å². The van der Waals surface area contributed by atoms with Gasteiger partial charge in [0.2, 0.25) is 0 Å². The highest BCUT2D eigenvalue weighted by molar-refractivity contribution is 5.84. The lowest BCUT2D eigenvalue weighted by atomic mass is 10.2. The number of phenols is 1. The third-order valence-corrected chi connectivity index (χ3v) is 2.14. The van der Waals surface area contributed by atoms with Gasteiger partial charge in [0.1, 0.15) is 5.75 Å². The summed E-state index contributed by atoms with van der Waals surface area (Å²) in [6.07, 6.45) is 0. The first-order valence-corrected chi connectivity index (χ1v) is 3.98. The Hall–Kier alpha value is -1.77. The molecule has 0 aliphatic heterocycles. The molecule has 0 fully saturated rings. The lowest BCUT2D eigenvalue weighted by Crippen LogP contribution is -2.14. The number of hydrogen-bond acceptors (Lipinski definition) is 2. The van der Waals surface area contributed by atoms with Crippen LogP contribution < -0.4 is 5.56 Å². The van der Waals surface area contributed by atoms with E-state index < -0.39 is 0 Å². The van der Waals surface area contributed by atoms with E-state index in [0.717, 1.165) is 5.52 Å². The molecule has 1 aromatic heterocycles. The van der Waals surface area contributed by atoms with Gasteiger partial charge in [-0.25, -0.2) is 0 Å². The molecule has 0 saturated heterocycles. The number of nitrogens with zero attached hydrogens (tertiary/aromatic N) is 1. The summed E-state index contributed by atoms with van der Waals surface area (Å²) >= 11 is 0. The van der Waals surface area contributed by atoms with Crippen LogP contribution in [0.3, 0.4) is 0 Å². The first kappa shape index (κ1) is 7.86. The molecule has 0 amide bonds. The third kappa shape index (κ3) is 1.09. The van der Waals surface area contributed by atoms with Crippen LogP contribution in [0.15, 0.2) is 35.1 Å². The lowest BCUT2D eigenvalue weighted by molar-refractivity contribution is 0.481. The maximum Gasteiger partial charge on any atom is 0.250 e. The van der Waals surface area contributed by atoms with Gasteiger partial charge in [0.15, 0.2) is 0 Å². The second-order valence-corrected chi connectivity index (χ2v) is 2.94. The number of benzene rings is 1. The van der Waals surface area contributed by atoms with Crippen molar-refractivity contribution >= 4 is 10.9 Å². The molecule has 0 atom stereocenters. The highest BCUT2D eigenvalue weighted by Crippen LogP contribution is 2.21. The summed E-state index contributed by atoms with van der Waals surface area (Å²) in [4.78, 5) is 11.2. The molecule has 1 N–H and O–H groups in total. The van der Waals surface area contributed by atoms with Crippen molar-refractivity contribution in [3.8, 4) is 5.75 Å². The topological polar surface area (TPSA) is 42.2 Å².